The first-order chi connectivity index (χ1) is 12.2. The van der Waals surface area contributed by atoms with Gasteiger partial charge in [0, 0.05) is 44.6 Å². The predicted molar refractivity (Wildman–Crippen MR) is 92.1 cm³/mol. The second kappa shape index (κ2) is 7.78. The van der Waals surface area contributed by atoms with Crippen LogP contribution in [0.2, 0.25) is 0 Å². The molecule has 1 amide bonds. The van der Waals surface area contributed by atoms with E-state index in [1.54, 1.807) is 35.5 Å². The lowest BCUT2D eigenvalue weighted by atomic mass is 10.2. The Labute approximate surface area is 146 Å². The molecular formula is C17H21N5O3. The highest BCUT2D eigenvalue weighted by molar-refractivity contribution is 5.96. The third kappa shape index (κ3) is 3.78. The van der Waals surface area contributed by atoms with Gasteiger partial charge in [0.15, 0.2) is 0 Å². The molecule has 0 unspecified atom stereocenters. The lowest BCUT2D eigenvalue weighted by Gasteiger charge is -2.34. The van der Waals surface area contributed by atoms with Crippen molar-refractivity contribution in [1.29, 1.82) is 0 Å². The van der Waals surface area contributed by atoms with E-state index in [4.69, 9.17) is 9.47 Å². The third-order valence-corrected chi connectivity index (χ3v) is 3.95. The molecule has 0 radical (unpaired) electrons. The van der Waals surface area contributed by atoms with Crippen LogP contribution in [0.5, 0.6) is 11.8 Å². The standard InChI is InChI=1S/C17H21N5O3/c1-3-25-14-6-8-19-17(20-14)22-11-9-21(10-12-22)16(23)13-5-4-7-18-15(13)24-2/h4-8H,3,9-12H2,1-2H3. The minimum atomic E-state index is -0.0754. The van der Waals surface area contributed by atoms with E-state index in [1.807, 2.05) is 11.8 Å². The number of ether oxygens (including phenoxy) is 2. The Balaban J connectivity index is 1.65. The summed E-state index contributed by atoms with van der Waals surface area (Å²) < 4.78 is 10.6. The molecule has 8 nitrogen and oxygen atoms in total. The highest BCUT2D eigenvalue weighted by Gasteiger charge is 2.25. The van der Waals surface area contributed by atoms with Crippen LogP contribution in [-0.2, 0) is 0 Å². The van der Waals surface area contributed by atoms with Gasteiger partial charge in [-0.25, -0.2) is 9.97 Å². The number of amides is 1. The first kappa shape index (κ1) is 16.9. The summed E-state index contributed by atoms with van der Waals surface area (Å²) in [6, 6.07) is 5.20. The topological polar surface area (TPSA) is 80.7 Å². The van der Waals surface area contributed by atoms with Crippen molar-refractivity contribution < 1.29 is 14.3 Å². The summed E-state index contributed by atoms with van der Waals surface area (Å²) >= 11 is 0. The molecule has 132 valence electrons. The largest absolute Gasteiger partial charge is 0.480 e. The van der Waals surface area contributed by atoms with Crippen LogP contribution in [0, 0.1) is 0 Å². The molecule has 1 aliphatic heterocycles. The molecule has 0 bridgehead atoms. The number of aromatic nitrogens is 3. The molecule has 1 saturated heterocycles. The number of methoxy groups -OCH3 is 1. The zero-order chi connectivity index (χ0) is 17.6. The van der Waals surface area contributed by atoms with E-state index in [0.717, 1.165) is 0 Å². The van der Waals surface area contributed by atoms with E-state index in [9.17, 15) is 4.79 Å². The molecule has 3 heterocycles. The van der Waals surface area contributed by atoms with Crippen LogP contribution in [0.15, 0.2) is 30.6 Å². The zero-order valence-corrected chi connectivity index (χ0v) is 14.4. The highest BCUT2D eigenvalue weighted by Crippen LogP contribution is 2.19. The van der Waals surface area contributed by atoms with Gasteiger partial charge in [0.1, 0.15) is 5.56 Å². The second-order valence-electron chi connectivity index (χ2n) is 5.47. The molecule has 1 aliphatic rings. The summed E-state index contributed by atoms with van der Waals surface area (Å²) in [6.45, 7) is 4.95. The Kier molecular flexibility index (Phi) is 5.27. The normalized spacial score (nSPS) is 14.3. The summed E-state index contributed by atoms with van der Waals surface area (Å²) in [5, 5.41) is 0. The number of piperazine rings is 1. The Morgan fingerprint density at radius 2 is 1.96 bits per heavy atom. The molecule has 2 aromatic rings. The lowest BCUT2D eigenvalue weighted by Crippen LogP contribution is -2.49. The van der Waals surface area contributed by atoms with Crippen LogP contribution in [-0.4, -0.2) is 65.7 Å². The van der Waals surface area contributed by atoms with Crippen molar-refractivity contribution in [3.63, 3.8) is 0 Å². The van der Waals surface area contributed by atoms with Gasteiger partial charge in [0.05, 0.1) is 13.7 Å². The molecule has 0 atom stereocenters. The summed E-state index contributed by atoms with van der Waals surface area (Å²) in [5.41, 5.74) is 0.480. The number of carbonyl (C=O) groups is 1. The van der Waals surface area contributed by atoms with Gasteiger partial charge in [0.25, 0.3) is 5.91 Å². The predicted octanol–water partition coefficient (Wildman–Crippen LogP) is 1.24. The van der Waals surface area contributed by atoms with E-state index < -0.39 is 0 Å². The third-order valence-electron chi connectivity index (χ3n) is 3.95. The van der Waals surface area contributed by atoms with Crippen LogP contribution in [0.4, 0.5) is 5.95 Å². The molecule has 2 aromatic heterocycles. The van der Waals surface area contributed by atoms with Gasteiger partial charge >= 0.3 is 0 Å². The van der Waals surface area contributed by atoms with E-state index in [0.29, 0.717) is 56.1 Å². The molecular weight excluding hydrogens is 322 g/mol. The first-order valence-electron chi connectivity index (χ1n) is 8.22. The van der Waals surface area contributed by atoms with Crippen molar-refractivity contribution in [1.82, 2.24) is 19.9 Å². The zero-order valence-electron chi connectivity index (χ0n) is 14.4. The van der Waals surface area contributed by atoms with Gasteiger partial charge in [-0.3, -0.25) is 4.79 Å². The van der Waals surface area contributed by atoms with Crippen molar-refractivity contribution in [2.75, 3.05) is 44.8 Å². The smallest absolute Gasteiger partial charge is 0.259 e. The van der Waals surface area contributed by atoms with Gasteiger partial charge in [-0.05, 0) is 19.1 Å². The molecule has 1 fully saturated rings. The Bertz CT molecular complexity index is 732. The number of nitrogens with zero attached hydrogens (tertiary/aromatic N) is 5. The number of rotatable bonds is 5. The highest BCUT2D eigenvalue weighted by atomic mass is 16.5. The molecule has 8 heteroatoms. The summed E-state index contributed by atoms with van der Waals surface area (Å²) in [7, 11) is 1.51. The average Bonchev–Trinajstić information content (AvgIpc) is 2.68. The van der Waals surface area contributed by atoms with Crippen molar-refractivity contribution >= 4 is 11.9 Å². The van der Waals surface area contributed by atoms with Crippen LogP contribution in [0.1, 0.15) is 17.3 Å². The average molecular weight is 343 g/mol. The number of pyridine rings is 1. The monoisotopic (exact) mass is 343 g/mol. The summed E-state index contributed by atoms with van der Waals surface area (Å²) in [4.78, 5) is 29.3. The fraction of sp³-hybridized carbons (Fsp3) is 0.412. The van der Waals surface area contributed by atoms with Crippen LogP contribution in [0.3, 0.4) is 0 Å². The Morgan fingerprint density at radius 1 is 1.16 bits per heavy atom. The Morgan fingerprint density at radius 3 is 2.68 bits per heavy atom. The molecule has 0 aromatic carbocycles. The number of hydrogen-bond donors (Lipinski definition) is 0. The van der Waals surface area contributed by atoms with Crippen molar-refractivity contribution in [3.8, 4) is 11.8 Å². The maximum absolute atomic E-state index is 12.7. The van der Waals surface area contributed by atoms with E-state index in [1.165, 1.54) is 7.11 Å². The lowest BCUT2D eigenvalue weighted by molar-refractivity contribution is 0.0742. The molecule has 3 rings (SSSR count). The van der Waals surface area contributed by atoms with Crippen molar-refractivity contribution in [2.24, 2.45) is 0 Å². The number of carbonyl (C=O) groups excluding carboxylic acids is 1. The van der Waals surface area contributed by atoms with E-state index in [-0.39, 0.29) is 5.91 Å². The minimum Gasteiger partial charge on any atom is -0.480 e. The van der Waals surface area contributed by atoms with Gasteiger partial charge < -0.3 is 19.3 Å². The van der Waals surface area contributed by atoms with E-state index in [2.05, 4.69) is 15.0 Å². The maximum atomic E-state index is 12.7. The van der Waals surface area contributed by atoms with Crippen molar-refractivity contribution in [3.05, 3.63) is 36.2 Å². The molecule has 0 aliphatic carbocycles. The molecule has 0 N–H and O–H groups in total. The number of hydrogen-bond acceptors (Lipinski definition) is 7. The van der Waals surface area contributed by atoms with Crippen LogP contribution >= 0.6 is 0 Å². The fourth-order valence-electron chi connectivity index (χ4n) is 2.71. The quantitative estimate of drug-likeness (QED) is 0.808. The summed E-state index contributed by atoms with van der Waals surface area (Å²) in [6.07, 6.45) is 3.29. The SMILES string of the molecule is CCOc1ccnc(N2CCN(C(=O)c3cccnc3OC)CC2)n1. The number of anilines is 1. The fourth-order valence-corrected chi connectivity index (χ4v) is 2.71. The van der Waals surface area contributed by atoms with Crippen LogP contribution in [0.25, 0.3) is 0 Å². The molecule has 0 saturated carbocycles. The molecule has 25 heavy (non-hydrogen) atoms. The second-order valence-corrected chi connectivity index (χ2v) is 5.47. The van der Waals surface area contributed by atoms with Gasteiger partial charge in [-0.15, -0.1) is 0 Å². The van der Waals surface area contributed by atoms with Gasteiger partial charge in [-0.1, -0.05) is 0 Å². The van der Waals surface area contributed by atoms with Crippen molar-refractivity contribution in [2.45, 2.75) is 6.92 Å². The van der Waals surface area contributed by atoms with Gasteiger partial charge in [-0.2, -0.15) is 4.98 Å². The molecule has 0 spiro atoms. The van der Waals surface area contributed by atoms with Gasteiger partial charge in [0.2, 0.25) is 17.7 Å². The Hall–Kier alpha value is -2.90. The first-order valence-corrected chi connectivity index (χ1v) is 8.22. The summed E-state index contributed by atoms with van der Waals surface area (Å²) in [5.74, 6) is 1.46. The maximum Gasteiger partial charge on any atom is 0.259 e. The van der Waals surface area contributed by atoms with E-state index >= 15 is 0 Å². The minimum absolute atomic E-state index is 0.0754. The van der Waals surface area contributed by atoms with Crippen LogP contribution < -0.4 is 14.4 Å².